The number of benzene rings is 1. The van der Waals surface area contributed by atoms with Crippen LogP contribution in [0.1, 0.15) is 17.5 Å². The first-order valence-electron chi connectivity index (χ1n) is 4.69. The lowest BCUT2D eigenvalue weighted by atomic mass is 10.0. The Morgan fingerprint density at radius 1 is 1.53 bits per heavy atom. The van der Waals surface area contributed by atoms with E-state index in [-0.39, 0.29) is 12.2 Å². The Morgan fingerprint density at radius 2 is 2.27 bits per heavy atom. The monoisotopic (exact) mass is 203 g/mol. The zero-order valence-electron chi connectivity index (χ0n) is 8.91. The van der Waals surface area contributed by atoms with Crippen LogP contribution in [0.5, 0.6) is 5.75 Å². The molecule has 0 aliphatic carbocycles. The van der Waals surface area contributed by atoms with Crippen LogP contribution in [0.15, 0.2) is 18.2 Å². The Balaban J connectivity index is 2.76. The third-order valence-electron chi connectivity index (χ3n) is 2.14. The summed E-state index contributed by atoms with van der Waals surface area (Å²) in [6, 6.07) is 7.45. The van der Waals surface area contributed by atoms with E-state index in [1.807, 2.05) is 31.2 Å². The number of hydrogen-bond donors (Lipinski definition) is 0. The normalized spacial score (nSPS) is 9.40. The van der Waals surface area contributed by atoms with Crippen LogP contribution in [0.3, 0.4) is 0 Å². The highest BCUT2D eigenvalue weighted by Crippen LogP contribution is 2.18. The van der Waals surface area contributed by atoms with Crippen molar-refractivity contribution in [2.24, 2.45) is 0 Å². The van der Waals surface area contributed by atoms with Gasteiger partial charge in [0.1, 0.15) is 5.75 Å². The van der Waals surface area contributed by atoms with E-state index >= 15 is 0 Å². The summed E-state index contributed by atoms with van der Waals surface area (Å²) < 4.78 is 5.12. The Labute approximate surface area is 89.3 Å². The second-order valence-electron chi connectivity index (χ2n) is 3.35. The van der Waals surface area contributed by atoms with Gasteiger partial charge in [0.25, 0.3) is 0 Å². The predicted molar refractivity (Wildman–Crippen MR) is 56.7 cm³/mol. The van der Waals surface area contributed by atoms with Gasteiger partial charge < -0.3 is 4.74 Å². The molecule has 0 saturated carbocycles. The molecule has 0 N–H and O–H groups in total. The maximum absolute atomic E-state index is 11.2. The lowest BCUT2D eigenvalue weighted by molar-refractivity contribution is -0.117. The summed E-state index contributed by atoms with van der Waals surface area (Å²) in [4.78, 5) is 11.2. The molecule has 0 aromatic heterocycles. The third kappa shape index (κ3) is 3.10. The van der Waals surface area contributed by atoms with E-state index in [1.54, 1.807) is 7.11 Å². The maximum Gasteiger partial charge on any atom is 0.151 e. The quantitative estimate of drug-likeness (QED) is 0.752. The van der Waals surface area contributed by atoms with Gasteiger partial charge in [0.05, 0.1) is 19.6 Å². The number of ketones is 1. The molecule has 0 bridgehead atoms. The van der Waals surface area contributed by atoms with Gasteiger partial charge in [-0.1, -0.05) is 12.1 Å². The highest BCUT2D eigenvalue weighted by atomic mass is 16.5. The minimum Gasteiger partial charge on any atom is -0.496 e. The first-order valence-corrected chi connectivity index (χ1v) is 4.69. The van der Waals surface area contributed by atoms with Gasteiger partial charge in [0.2, 0.25) is 0 Å². The molecule has 0 saturated heterocycles. The number of Topliss-reactive ketones (excluding diaryl/α,β-unsaturated/α-hetero) is 1. The molecule has 1 aromatic carbocycles. The van der Waals surface area contributed by atoms with Crippen LogP contribution in [0.25, 0.3) is 0 Å². The number of methoxy groups -OCH3 is 1. The highest BCUT2D eigenvalue weighted by molar-refractivity contribution is 5.82. The minimum atomic E-state index is -0.0536. The SMILES string of the molecule is COc1ccc(CC(=O)CC#N)cc1C. The molecule has 3 heteroatoms. The summed E-state index contributed by atoms with van der Waals surface area (Å²) in [5.41, 5.74) is 1.92. The first-order chi connectivity index (χ1) is 7.17. The van der Waals surface area contributed by atoms with Crippen molar-refractivity contribution in [2.75, 3.05) is 7.11 Å². The van der Waals surface area contributed by atoms with E-state index in [0.717, 1.165) is 16.9 Å². The number of nitriles is 1. The molecule has 78 valence electrons. The fourth-order valence-corrected chi connectivity index (χ4v) is 1.43. The Hall–Kier alpha value is -1.82. The first kappa shape index (κ1) is 11.3. The highest BCUT2D eigenvalue weighted by Gasteiger charge is 2.05. The molecular formula is C12H13NO2. The molecule has 0 heterocycles. The predicted octanol–water partition coefficient (Wildman–Crippen LogP) is 2.03. The van der Waals surface area contributed by atoms with Gasteiger partial charge in [-0.25, -0.2) is 0 Å². The number of rotatable bonds is 4. The second-order valence-corrected chi connectivity index (χ2v) is 3.35. The fourth-order valence-electron chi connectivity index (χ4n) is 1.43. The van der Waals surface area contributed by atoms with E-state index in [0.29, 0.717) is 6.42 Å². The number of carbonyl (C=O) groups excluding carboxylic acids is 1. The zero-order chi connectivity index (χ0) is 11.3. The largest absolute Gasteiger partial charge is 0.496 e. The smallest absolute Gasteiger partial charge is 0.151 e. The molecule has 0 fully saturated rings. The molecule has 0 radical (unpaired) electrons. The number of aryl methyl sites for hydroxylation is 1. The van der Waals surface area contributed by atoms with Gasteiger partial charge in [0, 0.05) is 6.42 Å². The summed E-state index contributed by atoms with van der Waals surface area (Å²) in [5.74, 6) is 0.758. The average Bonchev–Trinajstić information content (AvgIpc) is 2.18. The summed E-state index contributed by atoms with van der Waals surface area (Å²) in [5, 5.41) is 8.36. The summed E-state index contributed by atoms with van der Waals surface area (Å²) in [7, 11) is 1.61. The molecule has 3 nitrogen and oxygen atoms in total. The van der Waals surface area contributed by atoms with Crippen molar-refractivity contribution in [1.29, 1.82) is 5.26 Å². The van der Waals surface area contributed by atoms with E-state index in [4.69, 9.17) is 10.00 Å². The zero-order valence-corrected chi connectivity index (χ0v) is 8.91. The molecule has 0 unspecified atom stereocenters. The Kier molecular flexibility index (Phi) is 3.87. The second kappa shape index (κ2) is 5.16. The molecule has 15 heavy (non-hydrogen) atoms. The summed E-state index contributed by atoms with van der Waals surface area (Å²) >= 11 is 0. The lowest BCUT2D eigenvalue weighted by Crippen LogP contribution is -2.01. The lowest BCUT2D eigenvalue weighted by Gasteiger charge is -2.06. The van der Waals surface area contributed by atoms with Crippen LogP contribution < -0.4 is 4.74 Å². The molecular weight excluding hydrogens is 190 g/mol. The number of nitrogens with zero attached hydrogens (tertiary/aromatic N) is 1. The van der Waals surface area contributed by atoms with Crippen molar-refractivity contribution in [1.82, 2.24) is 0 Å². The van der Waals surface area contributed by atoms with Crippen LogP contribution in [0, 0.1) is 18.3 Å². The van der Waals surface area contributed by atoms with Crippen LogP contribution in [-0.4, -0.2) is 12.9 Å². The maximum atomic E-state index is 11.2. The van der Waals surface area contributed by atoms with E-state index < -0.39 is 0 Å². The number of ether oxygens (including phenoxy) is 1. The molecule has 0 atom stereocenters. The van der Waals surface area contributed by atoms with Gasteiger partial charge in [0.15, 0.2) is 5.78 Å². The molecule has 0 aliphatic heterocycles. The Morgan fingerprint density at radius 3 is 2.80 bits per heavy atom. The molecule has 0 aliphatic rings. The van der Waals surface area contributed by atoms with Crippen molar-refractivity contribution in [3.05, 3.63) is 29.3 Å². The van der Waals surface area contributed by atoms with Crippen LogP contribution >= 0.6 is 0 Å². The van der Waals surface area contributed by atoms with Crippen LogP contribution in [-0.2, 0) is 11.2 Å². The molecule has 1 rings (SSSR count). The van der Waals surface area contributed by atoms with Crippen LogP contribution in [0.4, 0.5) is 0 Å². The third-order valence-corrected chi connectivity index (χ3v) is 2.14. The van der Waals surface area contributed by atoms with Crippen molar-refractivity contribution >= 4 is 5.78 Å². The van der Waals surface area contributed by atoms with Gasteiger partial charge >= 0.3 is 0 Å². The van der Waals surface area contributed by atoms with E-state index in [2.05, 4.69) is 0 Å². The van der Waals surface area contributed by atoms with Crippen molar-refractivity contribution in [3.8, 4) is 11.8 Å². The number of hydrogen-bond acceptors (Lipinski definition) is 3. The average molecular weight is 203 g/mol. The Bertz CT molecular complexity index is 405. The van der Waals surface area contributed by atoms with Gasteiger partial charge in [-0.05, 0) is 24.1 Å². The topological polar surface area (TPSA) is 50.1 Å². The van der Waals surface area contributed by atoms with Crippen molar-refractivity contribution in [2.45, 2.75) is 19.8 Å². The molecule has 1 aromatic rings. The summed E-state index contributed by atoms with van der Waals surface area (Å²) in [6.45, 7) is 1.93. The van der Waals surface area contributed by atoms with Crippen molar-refractivity contribution < 1.29 is 9.53 Å². The minimum absolute atomic E-state index is 0.0227. The van der Waals surface area contributed by atoms with Gasteiger partial charge in [-0.15, -0.1) is 0 Å². The van der Waals surface area contributed by atoms with Crippen LogP contribution in [0.2, 0.25) is 0 Å². The molecule has 0 amide bonds. The fraction of sp³-hybridized carbons (Fsp3) is 0.333. The van der Waals surface area contributed by atoms with Gasteiger partial charge in [-0.3, -0.25) is 4.79 Å². The molecule has 0 spiro atoms. The van der Waals surface area contributed by atoms with E-state index in [9.17, 15) is 4.79 Å². The summed E-state index contributed by atoms with van der Waals surface area (Å²) in [6.07, 6.45) is 0.295. The number of carbonyl (C=O) groups is 1. The van der Waals surface area contributed by atoms with Gasteiger partial charge in [-0.2, -0.15) is 5.26 Å². The standard InChI is InChI=1S/C12H13NO2/c1-9-7-10(3-4-12(9)15-2)8-11(14)5-6-13/h3-4,7H,5,8H2,1-2H3. The van der Waals surface area contributed by atoms with Crippen molar-refractivity contribution in [3.63, 3.8) is 0 Å². The van der Waals surface area contributed by atoms with E-state index in [1.165, 1.54) is 0 Å².